The Morgan fingerprint density at radius 1 is 1.25 bits per heavy atom. The van der Waals surface area contributed by atoms with Crippen LogP contribution in [0.1, 0.15) is 44.6 Å². The maximum atomic E-state index is 12.9. The number of rotatable bonds is 4. The summed E-state index contributed by atoms with van der Waals surface area (Å²) in [7, 11) is 1.92. The summed E-state index contributed by atoms with van der Waals surface area (Å²) in [4.78, 5) is 14.9. The third-order valence-corrected chi connectivity index (χ3v) is 5.30. The van der Waals surface area contributed by atoms with Gasteiger partial charge >= 0.3 is 0 Å². The molecule has 3 rings (SSSR count). The highest BCUT2D eigenvalue weighted by molar-refractivity contribution is 6.00. The molecule has 0 radical (unpaired) electrons. The molecule has 2 aliphatic rings. The Balaban J connectivity index is 2.01. The first-order chi connectivity index (χ1) is 13.3. The molecule has 6 nitrogen and oxygen atoms in total. The van der Waals surface area contributed by atoms with Crippen LogP contribution >= 0.6 is 0 Å². The molecule has 0 spiro atoms. The predicted octanol–water partition coefficient (Wildman–Crippen LogP) is 3.49. The second-order valence-electron chi connectivity index (χ2n) is 8.12. The molecule has 0 saturated heterocycles. The number of Topliss-reactive ketones (excluding diaryl/α,β-unsaturated/α-hetero) is 1. The van der Waals surface area contributed by atoms with Gasteiger partial charge in [0.1, 0.15) is 17.4 Å². The SMILES string of the molecule is CN(CCC#N)c1ccc([C@H]2C(C#N)=C(N)OC3=C2C(=O)CC(C)(C)C3)cc1. The average molecular weight is 376 g/mol. The van der Waals surface area contributed by atoms with Gasteiger partial charge in [0.15, 0.2) is 5.78 Å². The van der Waals surface area contributed by atoms with E-state index in [4.69, 9.17) is 15.7 Å². The van der Waals surface area contributed by atoms with Crippen LogP contribution in [0.5, 0.6) is 0 Å². The molecule has 6 heteroatoms. The molecule has 1 aromatic rings. The van der Waals surface area contributed by atoms with Crippen molar-refractivity contribution < 1.29 is 9.53 Å². The Kier molecular flexibility index (Phi) is 5.16. The number of ketones is 1. The van der Waals surface area contributed by atoms with Gasteiger partial charge in [0, 0.05) is 37.7 Å². The summed E-state index contributed by atoms with van der Waals surface area (Å²) < 4.78 is 5.71. The first kappa shape index (κ1) is 19.5. The third kappa shape index (κ3) is 3.59. The highest BCUT2D eigenvalue weighted by Gasteiger charge is 2.42. The monoisotopic (exact) mass is 376 g/mol. The van der Waals surface area contributed by atoms with E-state index in [0.717, 1.165) is 11.3 Å². The van der Waals surface area contributed by atoms with Crippen molar-refractivity contribution in [3.63, 3.8) is 0 Å². The minimum Gasteiger partial charge on any atom is -0.444 e. The first-order valence-corrected chi connectivity index (χ1v) is 9.29. The van der Waals surface area contributed by atoms with Gasteiger partial charge in [-0.3, -0.25) is 4.79 Å². The minimum atomic E-state index is -0.504. The molecule has 144 valence electrons. The third-order valence-electron chi connectivity index (χ3n) is 5.30. The van der Waals surface area contributed by atoms with E-state index < -0.39 is 5.92 Å². The molecular formula is C22H24N4O2. The summed E-state index contributed by atoms with van der Waals surface area (Å²) in [5.41, 5.74) is 8.47. The second kappa shape index (κ2) is 7.40. The fraction of sp³-hybridized carbons (Fsp3) is 0.409. The largest absolute Gasteiger partial charge is 0.444 e. The van der Waals surface area contributed by atoms with Crippen molar-refractivity contribution in [2.45, 2.75) is 39.0 Å². The van der Waals surface area contributed by atoms with Gasteiger partial charge in [0.2, 0.25) is 5.88 Å². The number of anilines is 1. The van der Waals surface area contributed by atoms with Gasteiger partial charge in [0.05, 0.1) is 18.4 Å². The predicted molar refractivity (Wildman–Crippen MR) is 106 cm³/mol. The molecule has 0 amide bonds. The number of hydrogen-bond donors (Lipinski definition) is 1. The lowest BCUT2D eigenvalue weighted by Gasteiger charge is -2.37. The van der Waals surface area contributed by atoms with Gasteiger partial charge in [-0.15, -0.1) is 0 Å². The molecule has 0 bridgehead atoms. The van der Waals surface area contributed by atoms with E-state index >= 15 is 0 Å². The Bertz CT molecular complexity index is 942. The summed E-state index contributed by atoms with van der Waals surface area (Å²) in [6, 6.07) is 12.0. The highest BCUT2D eigenvalue weighted by atomic mass is 16.5. The lowest BCUT2D eigenvalue weighted by atomic mass is 9.70. The van der Waals surface area contributed by atoms with Crippen molar-refractivity contribution in [2.75, 3.05) is 18.5 Å². The van der Waals surface area contributed by atoms with Gasteiger partial charge in [-0.05, 0) is 23.1 Å². The zero-order valence-corrected chi connectivity index (χ0v) is 16.5. The zero-order valence-electron chi connectivity index (χ0n) is 16.5. The number of carbonyl (C=O) groups is 1. The number of carbonyl (C=O) groups excluding carboxylic acids is 1. The molecule has 0 unspecified atom stereocenters. The fourth-order valence-electron chi connectivity index (χ4n) is 3.89. The molecule has 1 aliphatic heterocycles. The van der Waals surface area contributed by atoms with E-state index in [0.29, 0.717) is 37.1 Å². The average Bonchev–Trinajstić information content (AvgIpc) is 2.64. The fourth-order valence-corrected chi connectivity index (χ4v) is 3.89. The Morgan fingerprint density at radius 3 is 2.54 bits per heavy atom. The van der Waals surface area contributed by atoms with Crippen LogP contribution in [-0.2, 0) is 9.53 Å². The Morgan fingerprint density at radius 2 is 1.93 bits per heavy atom. The van der Waals surface area contributed by atoms with Crippen LogP contribution < -0.4 is 10.6 Å². The summed E-state index contributed by atoms with van der Waals surface area (Å²) in [6.45, 7) is 4.68. The van der Waals surface area contributed by atoms with Crippen molar-refractivity contribution in [3.05, 3.63) is 52.6 Å². The van der Waals surface area contributed by atoms with Gasteiger partial charge in [-0.1, -0.05) is 26.0 Å². The number of nitriles is 2. The van der Waals surface area contributed by atoms with E-state index in [1.54, 1.807) is 0 Å². The van der Waals surface area contributed by atoms with Gasteiger partial charge in [-0.2, -0.15) is 10.5 Å². The van der Waals surface area contributed by atoms with Crippen LogP contribution in [0.4, 0.5) is 5.69 Å². The van der Waals surface area contributed by atoms with Crippen molar-refractivity contribution in [1.29, 1.82) is 10.5 Å². The maximum absolute atomic E-state index is 12.9. The van der Waals surface area contributed by atoms with Crippen LogP contribution in [0.2, 0.25) is 0 Å². The lowest BCUT2D eigenvalue weighted by Crippen LogP contribution is -2.33. The van der Waals surface area contributed by atoms with E-state index in [9.17, 15) is 10.1 Å². The van der Waals surface area contributed by atoms with Gasteiger partial charge in [-0.25, -0.2) is 0 Å². The summed E-state index contributed by atoms with van der Waals surface area (Å²) in [5, 5.41) is 18.4. The quantitative estimate of drug-likeness (QED) is 0.863. The molecule has 0 saturated carbocycles. The van der Waals surface area contributed by atoms with E-state index in [-0.39, 0.29) is 22.7 Å². The van der Waals surface area contributed by atoms with Crippen molar-refractivity contribution in [2.24, 2.45) is 11.1 Å². The molecule has 1 aliphatic carbocycles. The van der Waals surface area contributed by atoms with Crippen LogP contribution in [0.3, 0.4) is 0 Å². The molecule has 2 N–H and O–H groups in total. The van der Waals surface area contributed by atoms with Crippen LogP contribution in [0.15, 0.2) is 47.1 Å². The number of ether oxygens (including phenoxy) is 1. The van der Waals surface area contributed by atoms with Crippen LogP contribution in [-0.4, -0.2) is 19.4 Å². The maximum Gasteiger partial charge on any atom is 0.205 e. The van der Waals surface area contributed by atoms with Crippen molar-refractivity contribution >= 4 is 11.5 Å². The minimum absolute atomic E-state index is 0.00622. The van der Waals surface area contributed by atoms with Crippen molar-refractivity contribution in [3.8, 4) is 12.1 Å². The normalized spacial score (nSPS) is 20.8. The Labute approximate surface area is 165 Å². The smallest absolute Gasteiger partial charge is 0.205 e. The van der Waals surface area contributed by atoms with Gasteiger partial charge in [0.25, 0.3) is 0 Å². The molecule has 1 aromatic carbocycles. The van der Waals surface area contributed by atoms with Crippen LogP contribution in [0.25, 0.3) is 0 Å². The zero-order chi connectivity index (χ0) is 20.5. The summed E-state index contributed by atoms with van der Waals surface area (Å²) in [5.74, 6) is 0.160. The number of benzene rings is 1. The second-order valence-corrected chi connectivity index (χ2v) is 8.12. The summed E-state index contributed by atoms with van der Waals surface area (Å²) in [6.07, 6.45) is 1.47. The number of nitrogens with two attached hydrogens (primary N) is 1. The molecule has 0 aromatic heterocycles. The Hall–Kier alpha value is -3.25. The molecule has 0 fully saturated rings. The molecule has 28 heavy (non-hydrogen) atoms. The van der Waals surface area contributed by atoms with Crippen molar-refractivity contribution in [1.82, 2.24) is 0 Å². The highest BCUT2D eigenvalue weighted by Crippen LogP contribution is 2.47. The number of allylic oxidation sites excluding steroid dienone is 3. The van der Waals surface area contributed by atoms with Gasteiger partial charge < -0.3 is 15.4 Å². The first-order valence-electron chi connectivity index (χ1n) is 9.29. The van der Waals surface area contributed by atoms with E-state index in [2.05, 4.69) is 12.1 Å². The topological polar surface area (TPSA) is 103 Å². The molecule has 1 atom stereocenters. The van der Waals surface area contributed by atoms with E-state index in [1.165, 1.54) is 0 Å². The number of hydrogen-bond acceptors (Lipinski definition) is 6. The lowest BCUT2D eigenvalue weighted by molar-refractivity contribution is -0.119. The molecule has 1 heterocycles. The standard InChI is InChI=1S/C22H24N4O2/c1-22(2)11-17(27)20-18(12-22)28-21(25)16(13-24)19(20)14-5-7-15(8-6-14)26(3)10-4-9-23/h5-8,19H,4,10-12,25H2,1-3H3/t19-/m0/s1. The van der Waals surface area contributed by atoms with Crippen LogP contribution in [0, 0.1) is 28.1 Å². The summed E-state index contributed by atoms with van der Waals surface area (Å²) >= 11 is 0. The van der Waals surface area contributed by atoms with E-state index in [1.807, 2.05) is 50.1 Å². The molecular weight excluding hydrogens is 352 g/mol. The number of nitrogens with zero attached hydrogens (tertiary/aromatic N) is 3.